The van der Waals surface area contributed by atoms with E-state index in [0.717, 1.165) is 27.8 Å². The normalized spacial score (nSPS) is 13.1. The van der Waals surface area contributed by atoms with E-state index in [1.807, 2.05) is 49.4 Å². The Morgan fingerprint density at radius 1 is 0.839 bits per heavy atom. The maximum atomic E-state index is 10.7. The Morgan fingerprint density at radius 2 is 1.55 bits per heavy atom. The highest BCUT2D eigenvalue weighted by Gasteiger charge is 2.17. The van der Waals surface area contributed by atoms with Crippen LogP contribution in [-0.4, -0.2) is 11.1 Å². The number of aliphatic hydroxyl groups is 1. The van der Waals surface area contributed by atoms with Crippen molar-refractivity contribution in [3.63, 3.8) is 0 Å². The summed E-state index contributed by atoms with van der Waals surface area (Å²) in [5.41, 5.74) is 4.41. The number of benzene rings is 4. The molecule has 0 saturated carbocycles. The van der Waals surface area contributed by atoms with Crippen LogP contribution >= 0.6 is 0 Å². The first kappa shape index (κ1) is 21.1. The van der Waals surface area contributed by atoms with E-state index in [-0.39, 0.29) is 6.04 Å². The van der Waals surface area contributed by atoms with Crippen LogP contribution < -0.4 is 10.1 Å². The maximum Gasteiger partial charge on any atom is 0.124 e. The van der Waals surface area contributed by atoms with Gasteiger partial charge in [0, 0.05) is 18.2 Å². The molecule has 2 N–H and O–H groups in total. The number of hydrogen-bond donors (Lipinski definition) is 2. The van der Waals surface area contributed by atoms with Gasteiger partial charge in [-0.3, -0.25) is 0 Å². The summed E-state index contributed by atoms with van der Waals surface area (Å²) < 4.78 is 6.25. The second kappa shape index (κ2) is 9.78. The molecule has 0 amide bonds. The molecule has 2 atom stereocenters. The second-order valence-electron chi connectivity index (χ2n) is 8.06. The van der Waals surface area contributed by atoms with Crippen LogP contribution in [0, 0.1) is 6.92 Å². The van der Waals surface area contributed by atoms with Crippen molar-refractivity contribution in [1.29, 1.82) is 0 Å². The topological polar surface area (TPSA) is 41.5 Å². The van der Waals surface area contributed by atoms with Crippen LogP contribution in [0.5, 0.6) is 5.75 Å². The molecule has 4 rings (SSSR count). The second-order valence-corrected chi connectivity index (χ2v) is 8.06. The van der Waals surface area contributed by atoms with Gasteiger partial charge in [0.25, 0.3) is 0 Å². The molecule has 0 spiro atoms. The van der Waals surface area contributed by atoms with E-state index >= 15 is 0 Å². The molecule has 4 aromatic carbocycles. The van der Waals surface area contributed by atoms with E-state index in [1.54, 1.807) is 0 Å². The molecule has 31 heavy (non-hydrogen) atoms. The van der Waals surface area contributed by atoms with Crippen LogP contribution in [0.25, 0.3) is 10.8 Å². The van der Waals surface area contributed by atoms with Crippen LogP contribution in [0.1, 0.15) is 35.3 Å². The Hall–Kier alpha value is -3.14. The highest BCUT2D eigenvalue weighted by Crippen LogP contribution is 2.29. The van der Waals surface area contributed by atoms with Gasteiger partial charge in [0.05, 0.1) is 6.10 Å². The van der Waals surface area contributed by atoms with Gasteiger partial charge in [-0.05, 0) is 41.8 Å². The predicted octanol–water partition coefficient (Wildman–Crippen LogP) is 5.94. The Bertz CT molecular complexity index is 1120. The zero-order valence-corrected chi connectivity index (χ0v) is 18.1. The summed E-state index contributed by atoms with van der Waals surface area (Å²) in [6.07, 6.45) is -0.576. The highest BCUT2D eigenvalue weighted by molar-refractivity contribution is 5.87. The quantitative estimate of drug-likeness (QED) is 0.377. The Kier molecular flexibility index (Phi) is 6.66. The Morgan fingerprint density at radius 3 is 2.32 bits per heavy atom. The molecule has 0 radical (unpaired) electrons. The molecule has 0 aliphatic carbocycles. The first-order chi connectivity index (χ1) is 15.1. The minimum Gasteiger partial charge on any atom is -0.489 e. The largest absolute Gasteiger partial charge is 0.489 e. The fourth-order valence-electron chi connectivity index (χ4n) is 3.79. The molecule has 0 heterocycles. The van der Waals surface area contributed by atoms with Crippen molar-refractivity contribution in [2.75, 3.05) is 0 Å². The van der Waals surface area contributed by atoms with Gasteiger partial charge in [-0.2, -0.15) is 0 Å². The molecule has 2 unspecified atom stereocenters. The van der Waals surface area contributed by atoms with Crippen molar-refractivity contribution in [1.82, 2.24) is 5.32 Å². The van der Waals surface area contributed by atoms with E-state index in [2.05, 4.69) is 60.8 Å². The third-order valence-electron chi connectivity index (χ3n) is 5.73. The fraction of sp³-hybridized carbons (Fsp3) is 0.214. The lowest BCUT2D eigenvalue weighted by atomic mass is 10.0. The van der Waals surface area contributed by atoms with Gasteiger partial charge in [0.2, 0.25) is 0 Å². The smallest absolute Gasteiger partial charge is 0.124 e. The van der Waals surface area contributed by atoms with Gasteiger partial charge in [0.15, 0.2) is 0 Å². The Labute approximate surface area is 184 Å². The minimum atomic E-state index is -0.576. The van der Waals surface area contributed by atoms with E-state index in [0.29, 0.717) is 13.2 Å². The van der Waals surface area contributed by atoms with Crippen molar-refractivity contribution in [3.05, 3.63) is 113 Å². The van der Waals surface area contributed by atoms with Gasteiger partial charge in [-0.25, -0.2) is 0 Å². The summed E-state index contributed by atoms with van der Waals surface area (Å²) in [5, 5.41) is 16.6. The molecule has 0 bridgehead atoms. The van der Waals surface area contributed by atoms with Crippen molar-refractivity contribution in [2.24, 2.45) is 0 Å². The van der Waals surface area contributed by atoms with E-state index in [1.165, 1.54) is 10.9 Å². The van der Waals surface area contributed by atoms with Gasteiger partial charge in [-0.15, -0.1) is 0 Å². The minimum absolute atomic E-state index is 0.105. The van der Waals surface area contributed by atoms with Crippen LogP contribution in [0.4, 0.5) is 0 Å². The molecular formula is C28H29NO2. The molecule has 3 nitrogen and oxygen atoms in total. The molecule has 0 aliphatic heterocycles. The lowest BCUT2D eigenvalue weighted by Gasteiger charge is -2.22. The number of fused-ring (bicyclic) bond motifs is 1. The Balaban J connectivity index is 1.54. The van der Waals surface area contributed by atoms with Gasteiger partial charge < -0.3 is 15.2 Å². The average Bonchev–Trinajstić information content (AvgIpc) is 2.82. The standard InChI is InChI=1S/C28H29NO2/c1-20-12-14-22(15-13-20)19-31-27-17-16-23-8-6-7-11-25(23)26(27)18-29-21(2)28(30)24-9-4-3-5-10-24/h3-17,21,28-30H,18-19H2,1-2H3. The van der Waals surface area contributed by atoms with E-state index in [4.69, 9.17) is 4.74 Å². The maximum absolute atomic E-state index is 10.7. The SMILES string of the molecule is Cc1ccc(COc2ccc3ccccc3c2CNC(C)C(O)c2ccccc2)cc1. The van der Waals surface area contributed by atoms with Crippen molar-refractivity contribution in [2.45, 2.75) is 39.1 Å². The first-order valence-electron chi connectivity index (χ1n) is 10.8. The van der Waals surface area contributed by atoms with Crippen LogP contribution in [0.3, 0.4) is 0 Å². The summed E-state index contributed by atoms with van der Waals surface area (Å²) in [4.78, 5) is 0. The zero-order chi connectivity index (χ0) is 21.6. The summed E-state index contributed by atoms with van der Waals surface area (Å²) in [5.74, 6) is 0.869. The van der Waals surface area contributed by atoms with Crippen molar-refractivity contribution < 1.29 is 9.84 Å². The lowest BCUT2D eigenvalue weighted by Crippen LogP contribution is -2.31. The molecular weight excluding hydrogens is 382 g/mol. The number of nitrogens with one attached hydrogen (secondary N) is 1. The van der Waals surface area contributed by atoms with Gasteiger partial charge >= 0.3 is 0 Å². The highest BCUT2D eigenvalue weighted by atomic mass is 16.5. The molecule has 158 valence electrons. The molecule has 0 fully saturated rings. The fourth-order valence-corrected chi connectivity index (χ4v) is 3.79. The number of rotatable bonds is 8. The average molecular weight is 412 g/mol. The van der Waals surface area contributed by atoms with Crippen LogP contribution in [0.2, 0.25) is 0 Å². The third kappa shape index (κ3) is 5.13. The first-order valence-corrected chi connectivity index (χ1v) is 10.8. The van der Waals surface area contributed by atoms with Crippen LogP contribution in [0.15, 0.2) is 91.0 Å². The molecule has 4 aromatic rings. The van der Waals surface area contributed by atoms with E-state index in [9.17, 15) is 5.11 Å². The summed E-state index contributed by atoms with van der Waals surface area (Å²) in [7, 11) is 0. The number of ether oxygens (including phenoxy) is 1. The van der Waals surface area contributed by atoms with E-state index < -0.39 is 6.10 Å². The molecule has 0 saturated heterocycles. The molecule has 0 aromatic heterocycles. The molecule has 3 heteroatoms. The zero-order valence-electron chi connectivity index (χ0n) is 18.1. The lowest BCUT2D eigenvalue weighted by molar-refractivity contribution is 0.135. The van der Waals surface area contributed by atoms with Crippen molar-refractivity contribution in [3.8, 4) is 5.75 Å². The monoisotopic (exact) mass is 411 g/mol. The van der Waals surface area contributed by atoms with Gasteiger partial charge in [-0.1, -0.05) is 90.5 Å². The van der Waals surface area contributed by atoms with Crippen LogP contribution in [-0.2, 0) is 13.2 Å². The predicted molar refractivity (Wildman–Crippen MR) is 127 cm³/mol. The number of aryl methyl sites for hydroxylation is 1. The number of hydrogen-bond acceptors (Lipinski definition) is 3. The summed E-state index contributed by atoms with van der Waals surface area (Å²) in [6, 6.07) is 30.6. The van der Waals surface area contributed by atoms with Gasteiger partial charge in [0.1, 0.15) is 12.4 Å². The number of aliphatic hydroxyl groups excluding tert-OH is 1. The molecule has 0 aliphatic rings. The third-order valence-corrected chi connectivity index (χ3v) is 5.73. The summed E-state index contributed by atoms with van der Waals surface area (Å²) >= 11 is 0. The summed E-state index contributed by atoms with van der Waals surface area (Å²) in [6.45, 7) is 5.22. The van der Waals surface area contributed by atoms with Crippen molar-refractivity contribution >= 4 is 10.8 Å².